The van der Waals surface area contributed by atoms with Gasteiger partial charge in [-0.3, -0.25) is 9.59 Å². The van der Waals surface area contributed by atoms with Gasteiger partial charge in [-0.05, 0) is 37.6 Å². The first-order chi connectivity index (χ1) is 10.9. The van der Waals surface area contributed by atoms with Crippen LogP contribution in [0.25, 0.3) is 5.52 Å². The minimum atomic E-state index is -0.162. The van der Waals surface area contributed by atoms with Crippen molar-refractivity contribution < 1.29 is 4.79 Å². The Hall–Kier alpha value is -2.69. The fraction of sp³-hybridized carbons (Fsp3) is 0.278. The van der Waals surface area contributed by atoms with Crippen molar-refractivity contribution in [3.8, 4) is 0 Å². The monoisotopic (exact) mass is 309 g/mol. The average Bonchev–Trinajstić information content (AvgIpc) is 2.81. The summed E-state index contributed by atoms with van der Waals surface area (Å²) in [6.07, 6.45) is 3.43. The Morgan fingerprint density at radius 1 is 1.26 bits per heavy atom. The minimum Gasteiger partial charge on any atom is -0.318 e. The molecular weight excluding hydrogens is 290 g/mol. The number of Topliss-reactive ketones (excluding diaryl/α,β-unsaturated/α-hetero) is 1. The number of carbonyl (C=O) groups excluding carboxylic acids is 1. The van der Waals surface area contributed by atoms with E-state index in [-0.39, 0.29) is 17.3 Å². The van der Waals surface area contributed by atoms with Crippen molar-refractivity contribution >= 4 is 11.3 Å². The first-order valence-electron chi connectivity index (χ1n) is 7.56. The van der Waals surface area contributed by atoms with Crippen molar-refractivity contribution in [2.24, 2.45) is 7.05 Å². The summed E-state index contributed by atoms with van der Waals surface area (Å²) >= 11 is 0. The zero-order chi connectivity index (χ0) is 16.7. The third-order valence-corrected chi connectivity index (χ3v) is 4.38. The summed E-state index contributed by atoms with van der Waals surface area (Å²) in [5.41, 5.74) is 3.89. The molecule has 0 saturated carbocycles. The van der Waals surface area contributed by atoms with E-state index < -0.39 is 0 Å². The number of carbonyl (C=O) groups is 1. The third kappa shape index (κ3) is 2.29. The quantitative estimate of drug-likeness (QED) is 0.699. The van der Waals surface area contributed by atoms with Crippen molar-refractivity contribution in [2.45, 2.75) is 26.7 Å². The van der Waals surface area contributed by atoms with Gasteiger partial charge in [0, 0.05) is 36.5 Å². The number of ketones is 1. The van der Waals surface area contributed by atoms with E-state index in [2.05, 4.69) is 5.10 Å². The van der Waals surface area contributed by atoms with Crippen molar-refractivity contribution in [3.63, 3.8) is 0 Å². The lowest BCUT2D eigenvalue weighted by atomic mass is 9.95. The number of fused-ring (bicyclic) bond motifs is 1. The Bertz CT molecular complexity index is 966. The molecule has 0 amide bonds. The first kappa shape index (κ1) is 15.2. The van der Waals surface area contributed by atoms with Gasteiger partial charge in [0.15, 0.2) is 5.78 Å². The van der Waals surface area contributed by atoms with E-state index in [0.29, 0.717) is 11.1 Å². The molecule has 0 N–H and O–H groups in total. The summed E-state index contributed by atoms with van der Waals surface area (Å²) in [6, 6.07) is 7.40. The molecule has 3 heterocycles. The lowest BCUT2D eigenvalue weighted by Crippen LogP contribution is -2.22. The third-order valence-electron chi connectivity index (χ3n) is 4.38. The highest BCUT2D eigenvalue weighted by atomic mass is 16.1. The molecule has 5 heteroatoms. The van der Waals surface area contributed by atoms with E-state index >= 15 is 0 Å². The molecule has 0 spiro atoms. The van der Waals surface area contributed by atoms with Crippen molar-refractivity contribution in [3.05, 3.63) is 69.4 Å². The highest BCUT2D eigenvalue weighted by Crippen LogP contribution is 2.31. The SMILES string of the molecule is CC(=O)c1c(C)c(C(C)c2cccn(C)c2=O)n2ncccc12. The molecule has 0 radical (unpaired) electrons. The maximum atomic E-state index is 12.4. The molecule has 0 aliphatic rings. The van der Waals surface area contributed by atoms with Gasteiger partial charge in [-0.15, -0.1) is 0 Å². The van der Waals surface area contributed by atoms with Crippen LogP contribution in [0.1, 0.15) is 46.9 Å². The molecular formula is C18H19N3O2. The maximum Gasteiger partial charge on any atom is 0.254 e. The zero-order valence-electron chi connectivity index (χ0n) is 13.7. The Balaban J connectivity index is 2.32. The summed E-state index contributed by atoms with van der Waals surface area (Å²) < 4.78 is 3.35. The lowest BCUT2D eigenvalue weighted by molar-refractivity contribution is 0.101. The summed E-state index contributed by atoms with van der Waals surface area (Å²) in [5.74, 6) is -0.155. The molecule has 118 valence electrons. The Morgan fingerprint density at radius 3 is 2.70 bits per heavy atom. The molecule has 23 heavy (non-hydrogen) atoms. The van der Waals surface area contributed by atoms with Gasteiger partial charge in [-0.2, -0.15) is 5.10 Å². The number of aryl methyl sites for hydroxylation is 1. The Morgan fingerprint density at radius 2 is 2.00 bits per heavy atom. The second-order valence-corrected chi connectivity index (χ2v) is 5.86. The van der Waals surface area contributed by atoms with E-state index in [0.717, 1.165) is 16.8 Å². The largest absolute Gasteiger partial charge is 0.318 e. The Labute approximate surface area is 134 Å². The molecule has 0 fully saturated rings. The van der Waals surface area contributed by atoms with Gasteiger partial charge in [0.2, 0.25) is 0 Å². The van der Waals surface area contributed by atoms with Crippen LogP contribution >= 0.6 is 0 Å². The van der Waals surface area contributed by atoms with E-state index in [4.69, 9.17) is 0 Å². The molecule has 1 unspecified atom stereocenters. The van der Waals surface area contributed by atoms with Gasteiger partial charge >= 0.3 is 0 Å². The lowest BCUT2D eigenvalue weighted by Gasteiger charge is -2.13. The van der Waals surface area contributed by atoms with Crippen LogP contribution in [0.5, 0.6) is 0 Å². The summed E-state index contributed by atoms with van der Waals surface area (Å²) in [5, 5.41) is 4.40. The van der Waals surface area contributed by atoms with E-state index in [1.807, 2.05) is 38.1 Å². The number of rotatable bonds is 3. The fourth-order valence-corrected chi connectivity index (χ4v) is 3.28. The van der Waals surface area contributed by atoms with Crippen LogP contribution in [-0.2, 0) is 7.05 Å². The molecule has 3 aromatic heterocycles. The molecule has 1 atom stereocenters. The molecule has 0 saturated heterocycles. The van der Waals surface area contributed by atoms with Crippen LogP contribution in [0, 0.1) is 6.92 Å². The minimum absolute atomic E-state index is 0.00686. The second-order valence-electron chi connectivity index (χ2n) is 5.86. The van der Waals surface area contributed by atoms with Crippen molar-refractivity contribution in [1.82, 2.24) is 14.2 Å². The molecule has 0 bridgehead atoms. The van der Waals surface area contributed by atoms with Gasteiger partial charge < -0.3 is 4.57 Å². The van der Waals surface area contributed by atoms with Gasteiger partial charge in [-0.1, -0.05) is 13.0 Å². The molecule has 3 rings (SSSR count). The predicted octanol–water partition coefficient (Wildman–Crippen LogP) is 2.70. The van der Waals surface area contributed by atoms with Gasteiger partial charge in [0.25, 0.3) is 5.56 Å². The van der Waals surface area contributed by atoms with Gasteiger partial charge in [-0.25, -0.2) is 4.52 Å². The number of hydrogen-bond donors (Lipinski definition) is 0. The first-order valence-corrected chi connectivity index (χ1v) is 7.56. The van der Waals surface area contributed by atoms with Crippen LogP contribution in [0.3, 0.4) is 0 Å². The van der Waals surface area contributed by atoms with Crippen LogP contribution in [0.4, 0.5) is 0 Å². The van der Waals surface area contributed by atoms with Crippen LogP contribution in [0.2, 0.25) is 0 Å². The average molecular weight is 309 g/mol. The smallest absolute Gasteiger partial charge is 0.254 e. The van der Waals surface area contributed by atoms with Crippen LogP contribution < -0.4 is 5.56 Å². The predicted molar refractivity (Wildman–Crippen MR) is 89.1 cm³/mol. The fourth-order valence-electron chi connectivity index (χ4n) is 3.28. The summed E-state index contributed by atoms with van der Waals surface area (Å²) in [7, 11) is 1.74. The summed E-state index contributed by atoms with van der Waals surface area (Å²) in [6.45, 7) is 5.46. The molecule has 3 aromatic rings. The zero-order valence-corrected chi connectivity index (χ0v) is 13.7. The Kier molecular flexibility index (Phi) is 3.64. The van der Waals surface area contributed by atoms with Crippen molar-refractivity contribution in [2.75, 3.05) is 0 Å². The van der Waals surface area contributed by atoms with Crippen LogP contribution in [-0.4, -0.2) is 20.0 Å². The standard InChI is InChI=1S/C18H19N3O2/c1-11(14-7-6-10-20(4)18(14)23)17-12(2)16(13(3)22)15-8-5-9-19-21(15)17/h5-11H,1-4H3. The number of nitrogens with zero attached hydrogens (tertiary/aromatic N) is 3. The highest BCUT2D eigenvalue weighted by Gasteiger charge is 2.24. The second kappa shape index (κ2) is 5.50. The highest BCUT2D eigenvalue weighted by molar-refractivity contribution is 6.03. The molecule has 0 aromatic carbocycles. The van der Waals surface area contributed by atoms with E-state index in [1.54, 1.807) is 35.4 Å². The molecule has 0 aliphatic carbocycles. The van der Waals surface area contributed by atoms with Gasteiger partial charge in [0.05, 0.1) is 11.2 Å². The molecule has 0 aliphatic heterocycles. The van der Waals surface area contributed by atoms with E-state index in [9.17, 15) is 9.59 Å². The topological polar surface area (TPSA) is 56.4 Å². The van der Waals surface area contributed by atoms with Gasteiger partial charge in [0.1, 0.15) is 0 Å². The van der Waals surface area contributed by atoms with Crippen molar-refractivity contribution in [1.29, 1.82) is 0 Å². The normalized spacial score (nSPS) is 12.5. The van der Waals surface area contributed by atoms with Crippen LogP contribution in [0.15, 0.2) is 41.5 Å². The summed E-state index contributed by atoms with van der Waals surface area (Å²) in [4.78, 5) is 24.5. The maximum absolute atomic E-state index is 12.4. The molecule has 5 nitrogen and oxygen atoms in total. The number of aromatic nitrogens is 3. The number of pyridine rings is 1. The number of hydrogen-bond acceptors (Lipinski definition) is 3. The van der Waals surface area contributed by atoms with E-state index in [1.165, 1.54) is 0 Å².